The van der Waals surface area contributed by atoms with E-state index in [1.807, 2.05) is 0 Å². The number of rotatable bonds is 16. The van der Waals surface area contributed by atoms with Gasteiger partial charge in [-0.05, 0) is 0 Å². The fourth-order valence-corrected chi connectivity index (χ4v) is 3.86. The van der Waals surface area contributed by atoms with Gasteiger partial charge in [-0.15, -0.1) is 0 Å². The monoisotopic (exact) mass is 970 g/mol. The first kappa shape index (κ1) is 52.7. The predicted molar refractivity (Wildman–Crippen MR) is 111 cm³/mol. The van der Waals surface area contributed by atoms with Crippen LogP contribution >= 0.6 is 21.4 Å². The van der Waals surface area contributed by atoms with Crippen LogP contribution in [0.25, 0.3) is 0 Å². The maximum absolute atomic E-state index is 14.2. The van der Waals surface area contributed by atoms with Crippen molar-refractivity contribution in [3.8, 4) is 0 Å². The van der Waals surface area contributed by atoms with Crippen LogP contribution < -0.4 is 0 Å². The predicted octanol–water partition coefficient (Wildman–Crippen LogP) is 9.76. The molecule has 55 heavy (non-hydrogen) atoms. The standard InChI is InChI=1S/C16Cl2F28O7S2/c17-54(47,48)15(43,44)7(27,28)13(39,40)52-9(31,11(33,34)35)5(23,24)1(19)3(21)51-4(22)2(20)6(25,26)10(32,12(36,37)38)53-14(41,42)8(29,30)16(45,46)55(18,49)50. The second kappa shape index (κ2) is 14.2. The van der Waals surface area contributed by atoms with E-state index in [2.05, 4.69) is 21.4 Å². The van der Waals surface area contributed by atoms with Gasteiger partial charge in [0.05, 0.1) is 0 Å². The van der Waals surface area contributed by atoms with E-state index in [9.17, 15) is 140 Å². The third-order valence-electron chi connectivity index (χ3n) is 5.22. The van der Waals surface area contributed by atoms with Gasteiger partial charge in [-0.1, -0.05) is 0 Å². The molecule has 2 unspecified atom stereocenters. The summed E-state index contributed by atoms with van der Waals surface area (Å²) in [6, 6.07) is -10.5. The number of hydrogen-bond donors (Lipinski definition) is 0. The van der Waals surface area contributed by atoms with E-state index >= 15 is 0 Å². The molecule has 0 aromatic carbocycles. The molecule has 7 nitrogen and oxygen atoms in total. The number of halogens is 30. The van der Waals surface area contributed by atoms with Gasteiger partial charge in [0.25, 0.3) is 0 Å². The Labute approximate surface area is 288 Å². The Morgan fingerprint density at radius 2 is 0.600 bits per heavy atom. The van der Waals surface area contributed by atoms with Crippen molar-refractivity contribution in [3.63, 3.8) is 0 Å². The summed E-state index contributed by atoms with van der Waals surface area (Å²) in [5, 5.41) is -15.5. The van der Waals surface area contributed by atoms with Crippen LogP contribution in [0.4, 0.5) is 123 Å². The molecule has 0 spiro atoms. The minimum atomic E-state index is -8.64. The maximum atomic E-state index is 14.2. The third-order valence-corrected chi connectivity index (χ3v) is 8.13. The van der Waals surface area contributed by atoms with Crippen LogP contribution in [0.15, 0.2) is 23.7 Å². The third kappa shape index (κ3) is 8.35. The summed E-state index contributed by atoms with van der Waals surface area (Å²) in [6.07, 6.45) is -33.8. The van der Waals surface area contributed by atoms with Gasteiger partial charge in [-0.25, -0.2) is 16.8 Å². The molecule has 328 valence electrons. The summed E-state index contributed by atoms with van der Waals surface area (Å²) in [7, 11) is -7.97. The van der Waals surface area contributed by atoms with Crippen molar-refractivity contribution >= 4 is 39.5 Å². The van der Waals surface area contributed by atoms with Crippen molar-refractivity contribution < 1.29 is 154 Å². The normalized spacial score (nSPS) is 18.9. The Balaban J connectivity index is 7.53. The van der Waals surface area contributed by atoms with E-state index in [1.165, 1.54) is 0 Å². The Kier molecular flexibility index (Phi) is 13.6. The van der Waals surface area contributed by atoms with Gasteiger partial charge in [0.2, 0.25) is 11.7 Å². The zero-order valence-corrected chi connectivity index (χ0v) is 26.2. The number of alkyl halides is 24. The summed E-state index contributed by atoms with van der Waals surface area (Å²) in [4.78, 5) is 0. The van der Waals surface area contributed by atoms with E-state index in [0.29, 0.717) is 0 Å². The Morgan fingerprint density at radius 3 is 0.764 bits per heavy atom. The number of hydrogen-bond acceptors (Lipinski definition) is 7. The van der Waals surface area contributed by atoms with Gasteiger partial charge >= 0.3 is 101 Å². The van der Waals surface area contributed by atoms with Gasteiger partial charge in [-0.2, -0.15) is 123 Å². The SMILES string of the molecule is O=S(=O)(Cl)C(F)(F)C(F)(F)C(F)(F)OC(F)(C(F)(F)F)C(F)(F)C(F)=C(F)OC(F)=C(F)C(F)(F)C(F)(OC(F)(F)C(F)(F)C(F)(F)S(=O)(=O)Cl)C(F)(F)F. The molecule has 0 aromatic rings. The van der Waals surface area contributed by atoms with Crippen molar-refractivity contribution in [1.82, 2.24) is 0 Å². The molecule has 39 heteroatoms. The van der Waals surface area contributed by atoms with Gasteiger partial charge in [-0.3, -0.25) is 9.47 Å². The highest BCUT2D eigenvalue weighted by Gasteiger charge is 2.87. The molecule has 0 fully saturated rings. The summed E-state index contributed by atoms with van der Waals surface area (Å²) in [5.41, 5.74) is 0. The minimum absolute atomic E-state index is 1.13. The van der Waals surface area contributed by atoms with Crippen molar-refractivity contribution in [2.75, 3.05) is 0 Å². The quantitative estimate of drug-likeness (QED) is 0.0864. The molecule has 0 rings (SSSR count). The lowest BCUT2D eigenvalue weighted by Gasteiger charge is -2.38. The lowest BCUT2D eigenvalue weighted by Crippen LogP contribution is -2.66. The minimum Gasteiger partial charge on any atom is -0.400 e. The van der Waals surface area contributed by atoms with Crippen LogP contribution in [0, 0.1) is 0 Å². The van der Waals surface area contributed by atoms with Gasteiger partial charge < -0.3 is 4.74 Å². The number of ether oxygens (including phenoxy) is 3. The molecule has 0 aromatic heterocycles. The second-order valence-corrected chi connectivity index (χ2v) is 14.1. The fraction of sp³-hybridized carbons (Fsp3) is 0.750. The molecule has 0 bridgehead atoms. The van der Waals surface area contributed by atoms with Crippen LogP contribution in [0.2, 0.25) is 0 Å². The molecule has 0 saturated carbocycles. The second-order valence-electron chi connectivity index (χ2n) is 8.91. The first-order chi connectivity index (χ1) is 23.3. The zero-order chi connectivity index (χ0) is 45.4. The Hall–Kier alpha value is -2.28. The van der Waals surface area contributed by atoms with Gasteiger partial charge in [0.1, 0.15) is 0 Å². The molecular weight excluding hydrogens is 971 g/mol. The lowest BCUT2D eigenvalue weighted by atomic mass is 10.1. The molecule has 2 atom stereocenters. The van der Waals surface area contributed by atoms with E-state index < -0.39 is 112 Å². The lowest BCUT2D eigenvalue weighted by molar-refractivity contribution is -0.492. The molecule has 0 radical (unpaired) electrons. The van der Waals surface area contributed by atoms with E-state index in [4.69, 9.17) is 0 Å². The molecule has 0 saturated heterocycles. The van der Waals surface area contributed by atoms with Crippen LogP contribution in [0.1, 0.15) is 0 Å². The maximum Gasteiger partial charge on any atom is 0.455 e. The molecule has 0 aliphatic carbocycles. The highest BCUT2D eigenvalue weighted by molar-refractivity contribution is 8.14. The Morgan fingerprint density at radius 1 is 0.400 bits per heavy atom. The van der Waals surface area contributed by atoms with Crippen LogP contribution in [-0.4, -0.2) is 87.3 Å². The van der Waals surface area contributed by atoms with Crippen molar-refractivity contribution in [2.24, 2.45) is 0 Å². The molecule has 0 aliphatic rings. The summed E-state index contributed by atoms with van der Waals surface area (Å²) in [5.74, 6) is -62.2. The van der Waals surface area contributed by atoms with E-state index in [1.54, 1.807) is 4.74 Å². The summed E-state index contributed by atoms with van der Waals surface area (Å²) >= 11 is 0. The molecule has 0 aliphatic heterocycles. The van der Waals surface area contributed by atoms with Crippen LogP contribution in [0.3, 0.4) is 0 Å². The van der Waals surface area contributed by atoms with Gasteiger partial charge in [0, 0.05) is 21.4 Å². The first-order valence-electron chi connectivity index (χ1n) is 10.9. The van der Waals surface area contributed by atoms with Gasteiger partial charge in [0.15, 0.2) is 0 Å². The zero-order valence-electron chi connectivity index (χ0n) is 23.0. The van der Waals surface area contributed by atoms with Crippen LogP contribution in [0.5, 0.6) is 0 Å². The highest BCUT2D eigenvalue weighted by atomic mass is 35.7. The summed E-state index contributed by atoms with van der Waals surface area (Å²) < 4.78 is 424. The largest absolute Gasteiger partial charge is 0.455 e. The van der Waals surface area contributed by atoms with E-state index in [-0.39, 0.29) is 0 Å². The Bertz CT molecular complexity index is 1630. The highest BCUT2D eigenvalue weighted by Crippen LogP contribution is 2.60. The molecule has 0 heterocycles. The molecular formula is C16Cl2F28O7S2. The smallest absolute Gasteiger partial charge is 0.400 e. The average Bonchev–Trinajstić information content (AvgIpc) is 2.92. The van der Waals surface area contributed by atoms with E-state index in [0.717, 1.165) is 9.47 Å². The average molecular weight is 971 g/mol. The topological polar surface area (TPSA) is 96.0 Å². The van der Waals surface area contributed by atoms with Crippen molar-refractivity contribution in [3.05, 3.63) is 23.7 Å². The first-order valence-corrected chi connectivity index (χ1v) is 15.5. The van der Waals surface area contributed by atoms with Crippen LogP contribution in [-0.2, 0) is 32.3 Å². The molecule has 0 amide bonds. The summed E-state index contributed by atoms with van der Waals surface area (Å²) in [6.45, 7) is 0. The fourth-order valence-electron chi connectivity index (χ4n) is 2.42. The van der Waals surface area contributed by atoms with Crippen molar-refractivity contribution in [1.29, 1.82) is 0 Å². The molecule has 0 N–H and O–H groups in total. The van der Waals surface area contributed by atoms with Crippen molar-refractivity contribution in [2.45, 2.75) is 70.5 Å².